The van der Waals surface area contributed by atoms with Gasteiger partial charge in [0.15, 0.2) is 5.75 Å². The predicted molar refractivity (Wildman–Crippen MR) is 78.3 cm³/mol. The summed E-state index contributed by atoms with van der Waals surface area (Å²) in [5, 5.41) is 2.47. The standard InChI is InChI=1S/C15H15FN2O3/c1-20-9-6-7-11(16)13(8-9)18-15(19)10-4-3-5-12(17)14(10)21-2/h3-8H,17H2,1-2H3,(H,18,19). The van der Waals surface area contributed by atoms with Crippen molar-refractivity contribution in [2.45, 2.75) is 0 Å². The Morgan fingerprint density at radius 3 is 2.62 bits per heavy atom. The number of amides is 1. The second-order valence-corrected chi connectivity index (χ2v) is 4.23. The van der Waals surface area contributed by atoms with Crippen molar-refractivity contribution >= 4 is 17.3 Å². The van der Waals surface area contributed by atoms with Gasteiger partial charge in [-0.05, 0) is 24.3 Å². The summed E-state index contributed by atoms with van der Waals surface area (Å²) >= 11 is 0. The van der Waals surface area contributed by atoms with E-state index in [0.29, 0.717) is 11.4 Å². The fourth-order valence-electron chi connectivity index (χ4n) is 1.88. The topological polar surface area (TPSA) is 73.6 Å². The highest BCUT2D eigenvalue weighted by Crippen LogP contribution is 2.28. The van der Waals surface area contributed by atoms with Crippen molar-refractivity contribution in [3.8, 4) is 11.5 Å². The number of halogens is 1. The summed E-state index contributed by atoms with van der Waals surface area (Å²) in [6.07, 6.45) is 0. The lowest BCUT2D eigenvalue weighted by atomic mass is 10.1. The van der Waals surface area contributed by atoms with E-state index < -0.39 is 11.7 Å². The first-order valence-corrected chi connectivity index (χ1v) is 6.14. The van der Waals surface area contributed by atoms with E-state index in [-0.39, 0.29) is 17.0 Å². The highest BCUT2D eigenvalue weighted by atomic mass is 19.1. The summed E-state index contributed by atoms with van der Waals surface area (Å²) in [6.45, 7) is 0. The number of carbonyl (C=O) groups excluding carboxylic acids is 1. The second kappa shape index (κ2) is 6.13. The maximum Gasteiger partial charge on any atom is 0.259 e. The Morgan fingerprint density at radius 1 is 1.19 bits per heavy atom. The van der Waals surface area contributed by atoms with Crippen LogP contribution in [-0.4, -0.2) is 20.1 Å². The van der Waals surface area contributed by atoms with Gasteiger partial charge in [-0.3, -0.25) is 4.79 Å². The molecule has 0 radical (unpaired) electrons. The zero-order chi connectivity index (χ0) is 15.4. The van der Waals surface area contributed by atoms with Gasteiger partial charge in [0, 0.05) is 6.07 Å². The number of hydrogen-bond donors (Lipinski definition) is 2. The molecule has 2 aromatic carbocycles. The summed E-state index contributed by atoms with van der Waals surface area (Å²) in [7, 11) is 2.87. The number of nitrogen functional groups attached to an aromatic ring is 1. The highest BCUT2D eigenvalue weighted by Gasteiger charge is 2.16. The molecule has 110 valence electrons. The van der Waals surface area contributed by atoms with Crippen LogP contribution in [0.5, 0.6) is 11.5 Å². The minimum absolute atomic E-state index is 0.0174. The van der Waals surface area contributed by atoms with Gasteiger partial charge in [-0.25, -0.2) is 4.39 Å². The van der Waals surface area contributed by atoms with Gasteiger partial charge in [0.2, 0.25) is 0 Å². The monoisotopic (exact) mass is 290 g/mol. The van der Waals surface area contributed by atoms with Crippen LogP contribution >= 0.6 is 0 Å². The van der Waals surface area contributed by atoms with Crippen molar-refractivity contribution in [3.63, 3.8) is 0 Å². The maximum absolute atomic E-state index is 13.7. The summed E-state index contributed by atoms with van der Waals surface area (Å²) in [4.78, 5) is 12.2. The predicted octanol–water partition coefficient (Wildman–Crippen LogP) is 2.68. The zero-order valence-corrected chi connectivity index (χ0v) is 11.6. The molecule has 0 atom stereocenters. The number of nitrogens with two attached hydrogens (primary N) is 1. The van der Waals surface area contributed by atoms with E-state index in [4.69, 9.17) is 15.2 Å². The third-order valence-electron chi connectivity index (χ3n) is 2.92. The zero-order valence-electron chi connectivity index (χ0n) is 11.6. The van der Waals surface area contributed by atoms with Gasteiger partial charge in [0.05, 0.1) is 31.2 Å². The number of anilines is 2. The number of para-hydroxylation sites is 1. The highest BCUT2D eigenvalue weighted by molar-refractivity contribution is 6.07. The molecule has 3 N–H and O–H groups in total. The average molecular weight is 290 g/mol. The first-order chi connectivity index (χ1) is 10.1. The van der Waals surface area contributed by atoms with Gasteiger partial charge in [-0.2, -0.15) is 0 Å². The summed E-state index contributed by atoms with van der Waals surface area (Å²) in [5.74, 6) is -0.400. The molecule has 0 saturated carbocycles. The summed E-state index contributed by atoms with van der Waals surface area (Å²) in [5.41, 5.74) is 6.31. The summed E-state index contributed by atoms with van der Waals surface area (Å²) in [6, 6.07) is 8.85. The molecule has 0 bridgehead atoms. The van der Waals surface area contributed by atoms with E-state index in [1.165, 1.54) is 32.4 Å². The number of methoxy groups -OCH3 is 2. The van der Waals surface area contributed by atoms with Gasteiger partial charge in [0.25, 0.3) is 5.91 Å². The molecular formula is C15H15FN2O3. The molecule has 0 aliphatic carbocycles. The Hall–Kier alpha value is -2.76. The van der Waals surface area contributed by atoms with Crippen molar-refractivity contribution < 1.29 is 18.7 Å². The van der Waals surface area contributed by atoms with E-state index in [0.717, 1.165) is 0 Å². The van der Waals surface area contributed by atoms with Gasteiger partial charge in [-0.1, -0.05) is 6.07 Å². The van der Waals surface area contributed by atoms with Crippen LogP contribution < -0.4 is 20.5 Å². The van der Waals surface area contributed by atoms with E-state index in [9.17, 15) is 9.18 Å². The first-order valence-electron chi connectivity index (χ1n) is 6.14. The molecule has 0 aliphatic heterocycles. The lowest BCUT2D eigenvalue weighted by Crippen LogP contribution is -2.15. The third kappa shape index (κ3) is 3.05. The Labute approximate surface area is 121 Å². The number of ether oxygens (including phenoxy) is 2. The van der Waals surface area contributed by atoms with Crippen LogP contribution in [0.25, 0.3) is 0 Å². The molecule has 0 unspecified atom stereocenters. The van der Waals surface area contributed by atoms with Crippen molar-refractivity contribution in [3.05, 3.63) is 47.8 Å². The number of nitrogens with one attached hydrogen (secondary N) is 1. The van der Waals surface area contributed by atoms with Crippen molar-refractivity contribution in [2.24, 2.45) is 0 Å². The van der Waals surface area contributed by atoms with Crippen LogP contribution in [0.4, 0.5) is 15.8 Å². The fourth-order valence-corrected chi connectivity index (χ4v) is 1.88. The molecule has 0 heterocycles. The molecule has 0 fully saturated rings. The molecule has 5 nitrogen and oxygen atoms in total. The third-order valence-corrected chi connectivity index (χ3v) is 2.92. The lowest BCUT2D eigenvalue weighted by molar-refractivity contribution is 0.102. The van der Waals surface area contributed by atoms with Gasteiger partial charge < -0.3 is 20.5 Å². The van der Waals surface area contributed by atoms with E-state index >= 15 is 0 Å². The quantitative estimate of drug-likeness (QED) is 0.849. The first kappa shape index (κ1) is 14.6. The van der Waals surface area contributed by atoms with Crippen molar-refractivity contribution in [1.29, 1.82) is 0 Å². The minimum Gasteiger partial charge on any atom is -0.497 e. The number of benzene rings is 2. The van der Waals surface area contributed by atoms with E-state index in [1.54, 1.807) is 18.2 Å². The molecule has 21 heavy (non-hydrogen) atoms. The van der Waals surface area contributed by atoms with Crippen LogP contribution in [0.3, 0.4) is 0 Å². The van der Waals surface area contributed by atoms with Crippen LogP contribution in [0.1, 0.15) is 10.4 Å². The average Bonchev–Trinajstić information content (AvgIpc) is 2.49. The lowest BCUT2D eigenvalue weighted by Gasteiger charge is -2.12. The molecule has 2 aromatic rings. The molecule has 0 aromatic heterocycles. The smallest absolute Gasteiger partial charge is 0.259 e. The molecule has 1 amide bonds. The largest absolute Gasteiger partial charge is 0.497 e. The minimum atomic E-state index is -0.563. The van der Waals surface area contributed by atoms with Crippen LogP contribution in [0.15, 0.2) is 36.4 Å². The number of rotatable bonds is 4. The number of carbonyl (C=O) groups is 1. The van der Waals surface area contributed by atoms with Gasteiger partial charge in [0.1, 0.15) is 11.6 Å². The summed E-state index contributed by atoms with van der Waals surface area (Å²) < 4.78 is 23.8. The Balaban J connectivity index is 2.32. The Kier molecular flexibility index (Phi) is 4.27. The maximum atomic E-state index is 13.7. The van der Waals surface area contributed by atoms with Crippen LogP contribution in [0, 0.1) is 5.82 Å². The van der Waals surface area contributed by atoms with Crippen molar-refractivity contribution in [1.82, 2.24) is 0 Å². The van der Waals surface area contributed by atoms with Crippen LogP contribution in [0.2, 0.25) is 0 Å². The molecule has 0 saturated heterocycles. The van der Waals surface area contributed by atoms with Gasteiger partial charge >= 0.3 is 0 Å². The molecule has 6 heteroatoms. The molecule has 0 aliphatic rings. The van der Waals surface area contributed by atoms with Gasteiger partial charge in [-0.15, -0.1) is 0 Å². The van der Waals surface area contributed by atoms with Crippen molar-refractivity contribution in [2.75, 3.05) is 25.3 Å². The number of hydrogen-bond acceptors (Lipinski definition) is 4. The Bertz CT molecular complexity index is 674. The second-order valence-electron chi connectivity index (χ2n) is 4.23. The molecule has 2 rings (SSSR count). The van der Waals surface area contributed by atoms with E-state index in [1.807, 2.05) is 0 Å². The van der Waals surface area contributed by atoms with Crippen LogP contribution in [-0.2, 0) is 0 Å². The normalized spacial score (nSPS) is 10.0. The molecule has 0 spiro atoms. The fraction of sp³-hybridized carbons (Fsp3) is 0.133. The Morgan fingerprint density at radius 2 is 1.95 bits per heavy atom. The van der Waals surface area contributed by atoms with E-state index in [2.05, 4.69) is 5.32 Å². The molecular weight excluding hydrogens is 275 g/mol. The SMILES string of the molecule is COc1ccc(F)c(NC(=O)c2cccc(N)c2OC)c1.